The summed E-state index contributed by atoms with van der Waals surface area (Å²) in [6.45, 7) is 2.49. The van der Waals surface area contributed by atoms with Crippen LogP contribution in [0.5, 0.6) is 0 Å². The normalized spacial score (nSPS) is 10.9. The number of amides is 1. The first-order valence-corrected chi connectivity index (χ1v) is 11.0. The van der Waals surface area contributed by atoms with Crippen LogP contribution in [0.15, 0.2) is 83.9 Å². The molecule has 180 valence electrons. The van der Waals surface area contributed by atoms with Crippen molar-refractivity contribution < 1.29 is 9.53 Å². The molecular formula is C27H33IN4O2. The number of guanidine groups is 1. The fraction of sp³-hybridized carbons (Fsp3) is 0.259. The summed E-state index contributed by atoms with van der Waals surface area (Å²) in [6.07, 6.45) is 0. The van der Waals surface area contributed by atoms with Gasteiger partial charge in [-0.2, -0.15) is 0 Å². The van der Waals surface area contributed by atoms with Crippen LogP contribution >= 0.6 is 24.0 Å². The van der Waals surface area contributed by atoms with Crippen LogP contribution < -0.4 is 10.6 Å². The van der Waals surface area contributed by atoms with Crippen molar-refractivity contribution in [2.24, 2.45) is 4.99 Å². The molecular weight excluding hydrogens is 539 g/mol. The number of nitrogens with one attached hydrogen (secondary N) is 2. The van der Waals surface area contributed by atoms with Crippen molar-refractivity contribution in [1.82, 2.24) is 15.5 Å². The number of carbonyl (C=O) groups is 1. The lowest BCUT2D eigenvalue weighted by Crippen LogP contribution is -2.36. The van der Waals surface area contributed by atoms with Gasteiger partial charge in [0.2, 0.25) is 0 Å². The van der Waals surface area contributed by atoms with Gasteiger partial charge in [0.15, 0.2) is 5.96 Å². The molecule has 0 saturated carbocycles. The van der Waals surface area contributed by atoms with E-state index in [-0.39, 0.29) is 29.9 Å². The highest BCUT2D eigenvalue weighted by molar-refractivity contribution is 14.0. The number of ether oxygens (including phenoxy) is 1. The van der Waals surface area contributed by atoms with Crippen LogP contribution in [0.1, 0.15) is 32.6 Å². The highest BCUT2D eigenvalue weighted by Gasteiger charge is 2.07. The van der Waals surface area contributed by atoms with Crippen molar-refractivity contribution >= 4 is 35.8 Å². The van der Waals surface area contributed by atoms with E-state index in [4.69, 9.17) is 4.74 Å². The topological polar surface area (TPSA) is 66.0 Å². The smallest absolute Gasteiger partial charge is 0.253 e. The number of benzene rings is 3. The molecule has 2 N–H and O–H groups in total. The van der Waals surface area contributed by atoms with Crippen LogP contribution in [-0.2, 0) is 31.0 Å². The SMILES string of the molecule is CN=C(NCc1ccc(COCc2ccccc2)cc1)NCc1ccc(C(=O)N(C)C)cc1.I. The maximum Gasteiger partial charge on any atom is 0.253 e. The molecule has 3 aromatic carbocycles. The average molecular weight is 572 g/mol. The van der Waals surface area contributed by atoms with Gasteiger partial charge in [-0.15, -0.1) is 24.0 Å². The van der Waals surface area contributed by atoms with Crippen LogP contribution in [-0.4, -0.2) is 37.9 Å². The number of hydrogen-bond donors (Lipinski definition) is 2. The summed E-state index contributed by atoms with van der Waals surface area (Å²) in [5, 5.41) is 6.64. The maximum absolute atomic E-state index is 12.0. The number of carbonyl (C=O) groups excluding carboxylic acids is 1. The standard InChI is InChI=1S/C27H32N4O2.HI/c1-28-27(30-18-22-13-15-25(16-14-22)26(32)31(2)3)29-17-21-9-11-24(12-10-21)20-33-19-23-7-5-4-6-8-23;/h4-16H,17-20H2,1-3H3,(H2,28,29,30);1H. The molecule has 0 aliphatic rings. The molecule has 3 rings (SSSR count). The summed E-state index contributed by atoms with van der Waals surface area (Å²) >= 11 is 0. The molecule has 0 spiro atoms. The van der Waals surface area contributed by atoms with Gasteiger partial charge in [0.05, 0.1) is 13.2 Å². The van der Waals surface area contributed by atoms with Gasteiger partial charge in [-0.3, -0.25) is 9.79 Å². The average Bonchev–Trinajstić information content (AvgIpc) is 2.85. The highest BCUT2D eigenvalue weighted by Crippen LogP contribution is 2.09. The molecule has 3 aromatic rings. The Morgan fingerprint density at radius 3 is 1.74 bits per heavy atom. The van der Waals surface area contributed by atoms with Crippen molar-refractivity contribution in [2.45, 2.75) is 26.3 Å². The first-order chi connectivity index (χ1) is 16.0. The second-order valence-electron chi connectivity index (χ2n) is 7.97. The molecule has 0 fully saturated rings. The summed E-state index contributed by atoms with van der Waals surface area (Å²) in [6, 6.07) is 26.2. The molecule has 6 nitrogen and oxygen atoms in total. The fourth-order valence-corrected chi connectivity index (χ4v) is 3.23. The molecule has 0 aliphatic heterocycles. The van der Waals surface area contributed by atoms with Gasteiger partial charge in [-0.25, -0.2) is 0 Å². The zero-order valence-electron chi connectivity index (χ0n) is 20.0. The Balaban J connectivity index is 0.00000408. The number of nitrogens with zero attached hydrogens (tertiary/aromatic N) is 2. The Labute approximate surface area is 219 Å². The molecule has 7 heteroatoms. The van der Waals surface area contributed by atoms with E-state index in [1.807, 2.05) is 42.5 Å². The van der Waals surface area contributed by atoms with E-state index >= 15 is 0 Å². The van der Waals surface area contributed by atoms with E-state index in [9.17, 15) is 4.79 Å². The van der Waals surface area contributed by atoms with Crippen molar-refractivity contribution in [3.05, 3.63) is 107 Å². The molecule has 0 heterocycles. The summed E-state index contributed by atoms with van der Waals surface area (Å²) in [4.78, 5) is 17.9. The lowest BCUT2D eigenvalue weighted by atomic mass is 10.1. The van der Waals surface area contributed by atoms with E-state index in [1.165, 1.54) is 5.56 Å². The largest absolute Gasteiger partial charge is 0.372 e. The number of halogens is 1. The van der Waals surface area contributed by atoms with E-state index < -0.39 is 0 Å². The minimum absolute atomic E-state index is 0. The zero-order chi connectivity index (χ0) is 23.5. The number of hydrogen-bond acceptors (Lipinski definition) is 3. The molecule has 34 heavy (non-hydrogen) atoms. The number of rotatable bonds is 9. The Hall–Kier alpha value is -2.91. The van der Waals surface area contributed by atoms with Crippen molar-refractivity contribution in [2.75, 3.05) is 21.1 Å². The van der Waals surface area contributed by atoms with Crippen LogP contribution in [0.4, 0.5) is 0 Å². The Bertz CT molecular complexity index is 1040. The first kappa shape index (κ1) is 27.3. The monoisotopic (exact) mass is 572 g/mol. The van der Waals surface area contributed by atoms with E-state index in [0.717, 1.165) is 22.6 Å². The van der Waals surface area contributed by atoms with E-state index in [2.05, 4.69) is 52.0 Å². The van der Waals surface area contributed by atoms with Crippen molar-refractivity contribution in [3.8, 4) is 0 Å². The second kappa shape index (κ2) is 14.4. The summed E-state index contributed by atoms with van der Waals surface area (Å²) in [5.41, 5.74) is 5.24. The zero-order valence-corrected chi connectivity index (χ0v) is 22.3. The fourth-order valence-electron chi connectivity index (χ4n) is 3.23. The van der Waals surface area contributed by atoms with Gasteiger partial charge in [-0.05, 0) is 34.4 Å². The third-order valence-electron chi connectivity index (χ3n) is 5.15. The third kappa shape index (κ3) is 8.79. The molecule has 0 aromatic heterocycles. The quantitative estimate of drug-likeness (QED) is 0.224. The van der Waals surface area contributed by atoms with Gasteiger partial charge < -0.3 is 20.3 Å². The summed E-state index contributed by atoms with van der Waals surface area (Å²) in [7, 11) is 5.25. The van der Waals surface area contributed by atoms with Crippen LogP contribution in [0.2, 0.25) is 0 Å². The molecule has 0 unspecified atom stereocenters. The molecule has 0 radical (unpaired) electrons. The highest BCUT2D eigenvalue weighted by atomic mass is 127. The number of aliphatic imine (C=N–C) groups is 1. The second-order valence-corrected chi connectivity index (χ2v) is 7.97. The predicted molar refractivity (Wildman–Crippen MR) is 148 cm³/mol. The maximum atomic E-state index is 12.0. The van der Waals surface area contributed by atoms with Crippen molar-refractivity contribution in [1.29, 1.82) is 0 Å². The van der Waals surface area contributed by atoms with Gasteiger partial charge in [0.1, 0.15) is 0 Å². The predicted octanol–water partition coefficient (Wildman–Crippen LogP) is 4.59. The minimum Gasteiger partial charge on any atom is -0.372 e. The lowest BCUT2D eigenvalue weighted by Gasteiger charge is -2.13. The summed E-state index contributed by atoms with van der Waals surface area (Å²) < 4.78 is 5.80. The van der Waals surface area contributed by atoms with Crippen LogP contribution in [0.25, 0.3) is 0 Å². The molecule has 0 bridgehead atoms. The summed E-state index contributed by atoms with van der Waals surface area (Å²) in [5.74, 6) is 0.722. The Kier molecular flexibility index (Phi) is 11.6. The van der Waals surface area contributed by atoms with E-state index in [0.29, 0.717) is 31.9 Å². The van der Waals surface area contributed by atoms with Gasteiger partial charge >= 0.3 is 0 Å². The van der Waals surface area contributed by atoms with Gasteiger partial charge in [0, 0.05) is 39.8 Å². The first-order valence-electron chi connectivity index (χ1n) is 11.0. The molecule has 0 aliphatic carbocycles. The van der Waals surface area contributed by atoms with Gasteiger partial charge in [-0.1, -0.05) is 66.7 Å². The minimum atomic E-state index is 0. The van der Waals surface area contributed by atoms with Crippen LogP contribution in [0.3, 0.4) is 0 Å². The van der Waals surface area contributed by atoms with Crippen molar-refractivity contribution in [3.63, 3.8) is 0 Å². The van der Waals surface area contributed by atoms with E-state index in [1.54, 1.807) is 26.0 Å². The van der Waals surface area contributed by atoms with Crippen LogP contribution in [0, 0.1) is 0 Å². The molecule has 0 atom stereocenters. The third-order valence-corrected chi connectivity index (χ3v) is 5.15. The molecule has 0 saturated heterocycles. The Morgan fingerprint density at radius 2 is 1.24 bits per heavy atom. The van der Waals surface area contributed by atoms with Gasteiger partial charge in [0.25, 0.3) is 5.91 Å². The Morgan fingerprint density at radius 1 is 0.765 bits per heavy atom. The lowest BCUT2D eigenvalue weighted by molar-refractivity contribution is 0.0827. The molecule has 1 amide bonds.